The Morgan fingerprint density at radius 3 is 2.17 bits per heavy atom. The molecule has 1 radical (unpaired) electrons. The van der Waals surface area contributed by atoms with Crippen molar-refractivity contribution in [1.82, 2.24) is 4.98 Å². The summed E-state index contributed by atoms with van der Waals surface area (Å²) in [5.74, 6) is 2.40. The number of nitrogens with zero attached hydrogens (tertiary/aromatic N) is 1. The summed E-state index contributed by atoms with van der Waals surface area (Å²) in [7, 11) is -1.49. The van der Waals surface area contributed by atoms with E-state index in [0.717, 1.165) is 65.6 Å². The van der Waals surface area contributed by atoms with Gasteiger partial charge in [0.05, 0.1) is 13.8 Å². The third kappa shape index (κ3) is 8.15. The Morgan fingerprint density at radius 2 is 1.60 bits per heavy atom. The average Bonchev–Trinajstić information content (AvgIpc) is 3.03. The molecular formula is C42H56IrNO3Si-. The summed E-state index contributed by atoms with van der Waals surface area (Å²) >= 11 is 0. The van der Waals surface area contributed by atoms with Crippen LogP contribution in [0.15, 0.2) is 60.0 Å². The number of fused-ring (bicyclic) bond motifs is 3. The van der Waals surface area contributed by atoms with Crippen LogP contribution < -0.4 is 9.92 Å². The number of pyridine rings is 1. The molecule has 0 bridgehead atoms. The van der Waals surface area contributed by atoms with Gasteiger partial charge in [-0.05, 0) is 62.0 Å². The van der Waals surface area contributed by atoms with Crippen LogP contribution in [0.5, 0.6) is 11.5 Å². The van der Waals surface area contributed by atoms with E-state index in [2.05, 4.69) is 88.9 Å². The number of allylic oxidation sites excluding steroid dienone is 2. The van der Waals surface area contributed by atoms with Crippen molar-refractivity contribution in [2.75, 3.05) is 0 Å². The van der Waals surface area contributed by atoms with E-state index in [0.29, 0.717) is 11.3 Å². The fourth-order valence-corrected chi connectivity index (χ4v) is 7.67. The molecule has 0 fully saturated rings. The smallest absolute Gasteiger partial charge is 0.167 e. The Kier molecular flexibility index (Phi) is 12.7. The molecule has 5 rings (SSSR count). The first kappa shape index (κ1) is 39.6. The molecule has 0 atom stereocenters. The minimum absolute atomic E-state index is 0. The average molecular weight is 843 g/mol. The minimum Gasteiger partial charge on any atom is -0.512 e. The Hall–Kier alpha value is -2.79. The van der Waals surface area contributed by atoms with Gasteiger partial charge in [-0.2, -0.15) is 0 Å². The van der Waals surface area contributed by atoms with Crippen LogP contribution in [0.25, 0.3) is 32.8 Å². The first-order valence-corrected chi connectivity index (χ1v) is 21.0. The van der Waals surface area contributed by atoms with Crippen LogP contribution in [0.4, 0.5) is 0 Å². The van der Waals surface area contributed by atoms with Gasteiger partial charge in [0.25, 0.3) is 0 Å². The van der Waals surface area contributed by atoms with Gasteiger partial charge in [0.2, 0.25) is 0 Å². The van der Waals surface area contributed by atoms with Crippen LogP contribution in [0, 0.1) is 22.8 Å². The van der Waals surface area contributed by atoms with Crippen LogP contribution in [0.2, 0.25) is 19.6 Å². The van der Waals surface area contributed by atoms with E-state index in [9.17, 15) is 9.90 Å². The zero-order valence-corrected chi connectivity index (χ0v) is 34.7. The second kappa shape index (κ2) is 15.4. The number of ether oxygens (including phenoxy) is 1. The molecule has 0 spiro atoms. The molecule has 2 heterocycles. The molecule has 0 aliphatic carbocycles. The molecule has 48 heavy (non-hydrogen) atoms. The van der Waals surface area contributed by atoms with Gasteiger partial charge in [-0.25, -0.2) is 0 Å². The molecule has 1 aliphatic heterocycles. The number of hydrogen-bond donors (Lipinski definition) is 1. The van der Waals surface area contributed by atoms with Gasteiger partial charge in [0, 0.05) is 54.3 Å². The van der Waals surface area contributed by atoms with Crippen LogP contribution in [0.3, 0.4) is 0 Å². The van der Waals surface area contributed by atoms with Crippen molar-refractivity contribution >= 4 is 40.6 Å². The number of carbonyl (C=O) groups excluding carboxylic acids is 1. The molecular weight excluding hydrogens is 787 g/mol. The van der Waals surface area contributed by atoms with Gasteiger partial charge in [0.15, 0.2) is 5.78 Å². The van der Waals surface area contributed by atoms with Gasteiger partial charge >= 0.3 is 0 Å². The monoisotopic (exact) mass is 843 g/mol. The van der Waals surface area contributed by atoms with E-state index in [-0.39, 0.29) is 42.6 Å². The zero-order chi connectivity index (χ0) is 34.9. The van der Waals surface area contributed by atoms with E-state index in [1.54, 1.807) is 6.92 Å². The third-order valence-corrected chi connectivity index (χ3v) is 12.1. The van der Waals surface area contributed by atoms with Crippen molar-refractivity contribution in [3.8, 4) is 22.8 Å². The molecule has 0 saturated carbocycles. The summed E-state index contributed by atoms with van der Waals surface area (Å²) in [4.78, 5) is 17.2. The number of aliphatic hydroxyl groups excluding tert-OH is 1. The summed E-state index contributed by atoms with van der Waals surface area (Å²) < 4.78 is 6.72. The summed E-state index contributed by atoms with van der Waals surface area (Å²) in [6, 6.07) is 18.9. The molecule has 0 saturated heterocycles. The molecule has 4 nitrogen and oxygen atoms in total. The summed E-state index contributed by atoms with van der Waals surface area (Å²) in [5, 5.41) is 16.2. The van der Waals surface area contributed by atoms with Crippen molar-refractivity contribution in [3.63, 3.8) is 0 Å². The second-order valence-electron chi connectivity index (χ2n) is 15.8. The first-order chi connectivity index (χ1) is 22.0. The van der Waals surface area contributed by atoms with Crippen molar-refractivity contribution in [1.29, 1.82) is 0 Å². The van der Waals surface area contributed by atoms with E-state index in [4.69, 9.17) is 9.72 Å². The molecule has 1 aliphatic rings. The van der Waals surface area contributed by atoms with Crippen molar-refractivity contribution in [3.05, 3.63) is 71.6 Å². The number of ketones is 1. The summed E-state index contributed by atoms with van der Waals surface area (Å²) in [5.41, 5.74) is 3.61. The molecule has 3 aromatic carbocycles. The normalized spacial score (nSPS) is 13.3. The largest absolute Gasteiger partial charge is 0.512 e. The molecule has 261 valence electrons. The van der Waals surface area contributed by atoms with E-state index < -0.39 is 8.07 Å². The predicted octanol–water partition coefficient (Wildman–Crippen LogP) is 11.7. The number of Topliss-reactive ketones (excluding diaryl/α,β-unsaturated/α-hetero) is 1. The van der Waals surface area contributed by atoms with E-state index >= 15 is 0 Å². The quantitative estimate of drug-likeness (QED) is 0.0695. The van der Waals surface area contributed by atoms with Crippen molar-refractivity contribution in [2.45, 2.75) is 114 Å². The molecule has 0 amide bonds. The zero-order valence-electron chi connectivity index (χ0n) is 31.3. The van der Waals surface area contributed by atoms with Crippen LogP contribution in [-0.4, -0.2) is 23.9 Å². The predicted molar refractivity (Wildman–Crippen MR) is 203 cm³/mol. The fraction of sp³-hybridized carbons (Fsp3) is 0.476. The van der Waals surface area contributed by atoms with Gasteiger partial charge in [-0.3, -0.25) is 9.78 Å². The van der Waals surface area contributed by atoms with Crippen molar-refractivity contribution in [2.24, 2.45) is 16.7 Å². The second-order valence-corrected chi connectivity index (χ2v) is 20.9. The van der Waals surface area contributed by atoms with Crippen LogP contribution in [-0.2, 0) is 31.3 Å². The number of hydrogen-bond acceptors (Lipinski definition) is 4. The number of aromatic nitrogens is 1. The van der Waals surface area contributed by atoms with Gasteiger partial charge in [0.1, 0.15) is 11.5 Å². The van der Waals surface area contributed by atoms with Crippen LogP contribution >= 0.6 is 0 Å². The van der Waals surface area contributed by atoms with Gasteiger partial charge in [-0.1, -0.05) is 121 Å². The van der Waals surface area contributed by atoms with Gasteiger partial charge in [-0.15, -0.1) is 17.5 Å². The Balaban J connectivity index is 0.000000301. The number of rotatable bonds is 9. The molecule has 1 N–H and O–H groups in total. The third-order valence-electron chi connectivity index (χ3n) is 10.1. The standard InChI is InChI=1S/C27H28NOSi.C15H28O2.Ir/c1-27(2,3)16-22-20-10-8-7-9-17(20)14-21-25-24-18(11-12-28-25)13-19(30(4,5)6)15-23(24)29-26(21)22;1-7-12(8-2)13(16)11(5)14(17)15(6,9-3)10-4;/h7-13,15H,16H2,1-6H3;12,16H,7-10H2,1-6H3;/q-1;;/b;13-11-;. The van der Waals surface area contributed by atoms with E-state index in [1.165, 1.54) is 21.5 Å². The molecule has 4 aromatic rings. The number of aliphatic hydroxyl groups is 1. The fourth-order valence-electron chi connectivity index (χ4n) is 6.52. The molecule has 6 heteroatoms. The Morgan fingerprint density at radius 1 is 0.979 bits per heavy atom. The maximum Gasteiger partial charge on any atom is 0.167 e. The molecule has 0 unspecified atom stereocenters. The van der Waals surface area contributed by atoms with Crippen molar-refractivity contribution < 1.29 is 34.7 Å². The maximum atomic E-state index is 12.4. The number of carbonyl (C=O) groups is 1. The topological polar surface area (TPSA) is 59.4 Å². The molecule has 1 aromatic heterocycles. The first-order valence-electron chi connectivity index (χ1n) is 17.5. The van der Waals surface area contributed by atoms with Crippen LogP contribution in [0.1, 0.15) is 93.6 Å². The maximum absolute atomic E-state index is 12.4. The summed E-state index contributed by atoms with van der Waals surface area (Å²) in [6.07, 6.45) is 6.25. The Bertz CT molecular complexity index is 1800. The minimum atomic E-state index is -1.49. The van der Waals surface area contributed by atoms with E-state index in [1.807, 2.05) is 40.8 Å². The Labute approximate surface area is 304 Å². The SMILES string of the molecule is CC(C)(C)Cc1c2c([c-]c3ccccc13)-c1nccc3cc([Si](C)(C)C)cc(c13)O2.CCC(CC)/C(O)=C(\C)C(=O)C(C)(CC)CC.[Ir]. The number of benzene rings is 3. The summed E-state index contributed by atoms with van der Waals surface area (Å²) in [6.45, 7) is 25.9. The van der Waals surface area contributed by atoms with Gasteiger partial charge < -0.3 is 9.84 Å².